The lowest BCUT2D eigenvalue weighted by molar-refractivity contribution is -0.117. The van der Waals surface area contributed by atoms with E-state index in [0.29, 0.717) is 11.7 Å². The fraction of sp³-hybridized carbons (Fsp3) is 0.211. The van der Waals surface area contributed by atoms with Crippen molar-refractivity contribution in [3.8, 4) is 5.69 Å². The van der Waals surface area contributed by atoms with Gasteiger partial charge < -0.3 is 5.32 Å². The Morgan fingerprint density at radius 3 is 2.85 bits per heavy atom. The van der Waals surface area contributed by atoms with Gasteiger partial charge in [-0.25, -0.2) is 9.78 Å². The molecular formula is C19H20N4O2S2. The van der Waals surface area contributed by atoms with Crippen molar-refractivity contribution in [1.82, 2.24) is 20.2 Å². The fourth-order valence-electron chi connectivity index (χ4n) is 2.49. The maximum atomic E-state index is 12.1. The summed E-state index contributed by atoms with van der Waals surface area (Å²) in [7, 11) is 0. The molecule has 140 valence electrons. The minimum Gasteiger partial charge on any atom is -0.333 e. The summed E-state index contributed by atoms with van der Waals surface area (Å²) in [5.74, 6) is -0.256. The van der Waals surface area contributed by atoms with Crippen LogP contribution in [0.15, 0.2) is 53.3 Å². The largest absolute Gasteiger partial charge is 0.333 e. The second kappa shape index (κ2) is 8.88. The SMILES string of the molecule is Cc1cccc(-n2ccnc2SCC(=O)NC(=O)NCc2cccs2)c1C. The van der Waals surface area contributed by atoms with Crippen molar-refractivity contribution in [2.24, 2.45) is 0 Å². The van der Waals surface area contributed by atoms with Crippen molar-refractivity contribution < 1.29 is 9.59 Å². The molecule has 2 N–H and O–H groups in total. The van der Waals surface area contributed by atoms with Crippen LogP contribution in [0.4, 0.5) is 4.79 Å². The van der Waals surface area contributed by atoms with E-state index in [0.717, 1.165) is 16.1 Å². The van der Waals surface area contributed by atoms with Gasteiger partial charge in [-0.05, 0) is 42.5 Å². The van der Waals surface area contributed by atoms with Crippen LogP contribution in [0.1, 0.15) is 16.0 Å². The molecule has 3 amide bonds. The summed E-state index contributed by atoms with van der Waals surface area (Å²) in [6.45, 7) is 4.52. The number of nitrogens with one attached hydrogen (secondary N) is 2. The lowest BCUT2D eigenvalue weighted by Crippen LogP contribution is -2.39. The number of imidazole rings is 1. The number of aromatic nitrogens is 2. The number of aryl methyl sites for hydroxylation is 1. The van der Waals surface area contributed by atoms with E-state index in [1.807, 2.05) is 40.4 Å². The van der Waals surface area contributed by atoms with Gasteiger partial charge in [-0.3, -0.25) is 14.7 Å². The number of carbonyl (C=O) groups is 2. The number of carbonyl (C=O) groups excluding carboxylic acids is 2. The Labute approximate surface area is 166 Å². The molecule has 0 aliphatic carbocycles. The molecule has 0 spiro atoms. The third-order valence-corrected chi connectivity index (χ3v) is 5.87. The number of thiophene rings is 1. The highest BCUT2D eigenvalue weighted by atomic mass is 32.2. The van der Waals surface area contributed by atoms with Crippen LogP contribution in [-0.4, -0.2) is 27.2 Å². The lowest BCUT2D eigenvalue weighted by atomic mass is 10.1. The number of nitrogens with zero attached hydrogens (tertiary/aromatic N) is 2. The van der Waals surface area contributed by atoms with Gasteiger partial charge in [0.15, 0.2) is 5.16 Å². The smallest absolute Gasteiger partial charge is 0.321 e. The number of amides is 3. The van der Waals surface area contributed by atoms with Crippen molar-refractivity contribution in [3.05, 3.63) is 64.1 Å². The molecule has 0 unspecified atom stereocenters. The topological polar surface area (TPSA) is 76.0 Å². The normalized spacial score (nSPS) is 10.6. The zero-order valence-corrected chi connectivity index (χ0v) is 16.7. The molecule has 0 fully saturated rings. The summed E-state index contributed by atoms with van der Waals surface area (Å²) in [5, 5.41) is 7.66. The van der Waals surface area contributed by atoms with E-state index in [9.17, 15) is 9.59 Å². The van der Waals surface area contributed by atoms with Gasteiger partial charge in [0.05, 0.1) is 18.0 Å². The van der Waals surface area contributed by atoms with E-state index in [2.05, 4.69) is 35.5 Å². The molecule has 0 aliphatic rings. The third-order valence-electron chi connectivity index (χ3n) is 4.03. The quantitative estimate of drug-likeness (QED) is 0.619. The van der Waals surface area contributed by atoms with Gasteiger partial charge in [0.25, 0.3) is 0 Å². The number of rotatable bonds is 6. The van der Waals surface area contributed by atoms with Crippen LogP contribution in [0.3, 0.4) is 0 Å². The predicted molar refractivity (Wildman–Crippen MR) is 108 cm³/mol. The maximum Gasteiger partial charge on any atom is 0.321 e. The Balaban J connectivity index is 1.54. The van der Waals surface area contributed by atoms with E-state index in [-0.39, 0.29) is 11.7 Å². The second-order valence-electron chi connectivity index (χ2n) is 5.90. The Morgan fingerprint density at radius 1 is 1.22 bits per heavy atom. The molecule has 0 radical (unpaired) electrons. The van der Waals surface area contributed by atoms with E-state index in [1.54, 1.807) is 17.5 Å². The summed E-state index contributed by atoms with van der Waals surface area (Å²) in [6, 6.07) is 9.43. The molecule has 27 heavy (non-hydrogen) atoms. The summed E-state index contributed by atoms with van der Waals surface area (Å²) >= 11 is 2.84. The molecule has 3 aromatic rings. The predicted octanol–water partition coefficient (Wildman–Crippen LogP) is 3.67. The highest BCUT2D eigenvalue weighted by molar-refractivity contribution is 7.99. The summed E-state index contributed by atoms with van der Waals surface area (Å²) < 4.78 is 1.96. The van der Waals surface area contributed by atoms with Gasteiger partial charge >= 0.3 is 6.03 Å². The summed E-state index contributed by atoms with van der Waals surface area (Å²) in [5.41, 5.74) is 3.39. The van der Waals surface area contributed by atoms with Crippen molar-refractivity contribution in [3.63, 3.8) is 0 Å². The molecule has 3 rings (SSSR count). The molecular weight excluding hydrogens is 380 g/mol. The Bertz CT molecular complexity index is 935. The van der Waals surface area contributed by atoms with Crippen molar-refractivity contribution >= 4 is 35.0 Å². The standard InChI is InChI=1S/C19H20N4O2S2/c1-13-5-3-7-16(14(13)2)23-9-8-20-19(23)27-12-17(24)22-18(25)21-11-15-6-4-10-26-15/h3-10H,11-12H2,1-2H3,(H2,21,22,24,25). The van der Waals surface area contributed by atoms with E-state index < -0.39 is 6.03 Å². The highest BCUT2D eigenvalue weighted by Crippen LogP contribution is 2.24. The minimum absolute atomic E-state index is 0.105. The molecule has 8 heteroatoms. The zero-order valence-electron chi connectivity index (χ0n) is 15.1. The van der Waals surface area contributed by atoms with Crippen LogP contribution >= 0.6 is 23.1 Å². The van der Waals surface area contributed by atoms with Crippen molar-refractivity contribution in [2.45, 2.75) is 25.5 Å². The van der Waals surface area contributed by atoms with Crippen LogP contribution in [0.25, 0.3) is 5.69 Å². The van der Waals surface area contributed by atoms with Crippen molar-refractivity contribution in [1.29, 1.82) is 0 Å². The minimum atomic E-state index is -0.494. The number of thioether (sulfide) groups is 1. The first kappa shape index (κ1) is 19.2. The van der Waals surface area contributed by atoms with Gasteiger partial charge in [-0.15, -0.1) is 11.3 Å². The average molecular weight is 401 g/mol. The van der Waals surface area contributed by atoms with Crippen LogP contribution in [0.5, 0.6) is 0 Å². The van der Waals surface area contributed by atoms with E-state index in [4.69, 9.17) is 0 Å². The first-order valence-corrected chi connectivity index (χ1v) is 10.2. The van der Waals surface area contributed by atoms with Gasteiger partial charge in [0.1, 0.15) is 0 Å². The molecule has 0 aliphatic heterocycles. The first-order valence-electron chi connectivity index (χ1n) is 8.37. The van der Waals surface area contributed by atoms with Gasteiger partial charge in [-0.2, -0.15) is 0 Å². The molecule has 1 aromatic carbocycles. The number of imide groups is 1. The van der Waals surface area contributed by atoms with E-state index >= 15 is 0 Å². The number of urea groups is 1. The van der Waals surface area contributed by atoms with E-state index in [1.165, 1.54) is 17.3 Å². The third kappa shape index (κ3) is 4.99. The molecule has 0 saturated carbocycles. The van der Waals surface area contributed by atoms with Crippen LogP contribution in [-0.2, 0) is 11.3 Å². The molecule has 0 saturated heterocycles. The first-order chi connectivity index (χ1) is 13.0. The Morgan fingerprint density at radius 2 is 2.07 bits per heavy atom. The highest BCUT2D eigenvalue weighted by Gasteiger charge is 2.13. The fourth-order valence-corrected chi connectivity index (χ4v) is 3.90. The van der Waals surface area contributed by atoms with Crippen LogP contribution < -0.4 is 10.6 Å². The number of hydrogen-bond donors (Lipinski definition) is 2. The number of hydrogen-bond acceptors (Lipinski definition) is 5. The summed E-state index contributed by atoms with van der Waals surface area (Å²) in [4.78, 5) is 29.2. The Kier molecular flexibility index (Phi) is 6.31. The molecule has 0 atom stereocenters. The molecule has 2 aromatic heterocycles. The lowest BCUT2D eigenvalue weighted by Gasteiger charge is -2.12. The second-order valence-corrected chi connectivity index (χ2v) is 7.87. The zero-order chi connectivity index (χ0) is 19.2. The monoisotopic (exact) mass is 400 g/mol. The van der Waals surface area contributed by atoms with Gasteiger partial charge in [0.2, 0.25) is 5.91 Å². The average Bonchev–Trinajstić information content (AvgIpc) is 3.32. The Hall–Kier alpha value is -2.58. The molecule has 2 heterocycles. The van der Waals surface area contributed by atoms with Crippen LogP contribution in [0.2, 0.25) is 0 Å². The molecule has 0 bridgehead atoms. The van der Waals surface area contributed by atoms with Crippen LogP contribution in [0, 0.1) is 13.8 Å². The summed E-state index contributed by atoms with van der Waals surface area (Å²) in [6.07, 6.45) is 3.57. The molecule has 6 nitrogen and oxygen atoms in total. The van der Waals surface area contributed by atoms with Crippen molar-refractivity contribution in [2.75, 3.05) is 5.75 Å². The van der Waals surface area contributed by atoms with Gasteiger partial charge in [-0.1, -0.05) is 30.0 Å². The maximum absolute atomic E-state index is 12.1. The van der Waals surface area contributed by atoms with Gasteiger partial charge in [0, 0.05) is 17.3 Å². The number of benzene rings is 1.